The van der Waals surface area contributed by atoms with Crippen molar-refractivity contribution in [1.29, 1.82) is 0 Å². The van der Waals surface area contributed by atoms with Crippen LogP contribution in [-0.4, -0.2) is 57.0 Å². The number of benzene rings is 1. The molecule has 1 amide bonds. The van der Waals surface area contributed by atoms with Crippen LogP contribution in [0.3, 0.4) is 0 Å². The molecule has 0 aliphatic carbocycles. The van der Waals surface area contributed by atoms with E-state index < -0.39 is 0 Å². The van der Waals surface area contributed by atoms with Gasteiger partial charge in [0.05, 0.1) is 11.4 Å². The highest BCUT2D eigenvalue weighted by Crippen LogP contribution is 2.31. The van der Waals surface area contributed by atoms with E-state index >= 15 is 0 Å². The molecule has 3 aromatic rings. The van der Waals surface area contributed by atoms with Crippen LogP contribution in [0.2, 0.25) is 0 Å². The van der Waals surface area contributed by atoms with Crippen molar-refractivity contribution >= 4 is 16.7 Å². The normalized spacial score (nSPS) is 23.8. The largest absolute Gasteiger partial charge is 0.350 e. The van der Waals surface area contributed by atoms with Gasteiger partial charge in [-0.2, -0.15) is 0 Å². The highest BCUT2D eigenvalue weighted by atomic mass is 16.2. The van der Waals surface area contributed by atoms with Gasteiger partial charge in [0.1, 0.15) is 0 Å². The summed E-state index contributed by atoms with van der Waals surface area (Å²) < 4.78 is 1.74. The molecule has 1 atom stereocenters. The number of nitrogens with zero attached hydrogens (tertiary/aromatic N) is 5. The molecule has 3 saturated heterocycles. The van der Waals surface area contributed by atoms with Crippen LogP contribution >= 0.6 is 0 Å². The van der Waals surface area contributed by atoms with Gasteiger partial charge in [0, 0.05) is 36.3 Å². The van der Waals surface area contributed by atoms with Crippen molar-refractivity contribution in [1.82, 2.24) is 30.2 Å². The third-order valence-corrected chi connectivity index (χ3v) is 6.31. The zero-order valence-corrected chi connectivity index (χ0v) is 16.0. The Kier molecular flexibility index (Phi) is 4.31. The minimum atomic E-state index is -0.137. The lowest BCUT2D eigenvalue weighted by atomic mass is 9.79. The zero-order valence-electron chi connectivity index (χ0n) is 16.0. The van der Waals surface area contributed by atoms with Crippen LogP contribution in [0, 0.1) is 18.8 Å². The molecule has 0 saturated carbocycles. The van der Waals surface area contributed by atoms with Gasteiger partial charge >= 0.3 is 0 Å². The summed E-state index contributed by atoms with van der Waals surface area (Å²) in [5.41, 5.74) is 2.05. The molecular formula is C21H24N6O. The molecule has 0 spiro atoms. The Hall–Kier alpha value is -2.80. The molecule has 1 aromatic carbocycles. The monoisotopic (exact) mass is 376 g/mol. The SMILES string of the molecule is Cc1c(C(=O)NCC2CN3CCC2CC3)nnn1-c1cccc2cnccc12. The minimum Gasteiger partial charge on any atom is -0.350 e. The average Bonchev–Trinajstić information content (AvgIpc) is 3.13. The number of rotatable bonds is 4. The molecule has 3 aliphatic rings. The van der Waals surface area contributed by atoms with E-state index in [9.17, 15) is 4.79 Å². The summed E-state index contributed by atoms with van der Waals surface area (Å²) in [7, 11) is 0. The van der Waals surface area contributed by atoms with Crippen molar-refractivity contribution in [3.63, 3.8) is 0 Å². The van der Waals surface area contributed by atoms with Crippen LogP contribution in [0.15, 0.2) is 36.7 Å². The van der Waals surface area contributed by atoms with Crippen LogP contribution in [0.4, 0.5) is 0 Å². The number of amides is 1. The fraction of sp³-hybridized carbons (Fsp3) is 0.429. The van der Waals surface area contributed by atoms with Gasteiger partial charge in [0.25, 0.3) is 5.91 Å². The number of aromatic nitrogens is 4. The van der Waals surface area contributed by atoms with E-state index in [1.54, 1.807) is 10.9 Å². The first-order valence-electron chi connectivity index (χ1n) is 9.96. The van der Waals surface area contributed by atoms with Gasteiger partial charge in [0.2, 0.25) is 0 Å². The van der Waals surface area contributed by atoms with Crippen molar-refractivity contribution in [3.05, 3.63) is 48.0 Å². The summed E-state index contributed by atoms with van der Waals surface area (Å²) in [5.74, 6) is 1.15. The number of pyridine rings is 1. The van der Waals surface area contributed by atoms with Gasteiger partial charge in [-0.15, -0.1) is 5.10 Å². The highest BCUT2D eigenvalue weighted by molar-refractivity contribution is 5.94. The Morgan fingerprint density at radius 2 is 2.11 bits per heavy atom. The van der Waals surface area contributed by atoms with Crippen molar-refractivity contribution < 1.29 is 4.79 Å². The Balaban J connectivity index is 1.36. The van der Waals surface area contributed by atoms with Crippen LogP contribution in [-0.2, 0) is 0 Å². The van der Waals surface area contributed by atoms with Crippen LogP contribution in [0.1, 0.15) is 29.0 Å². The highest BCUT2D eigenvalue weighted by Gasteiger charge is 2.34. The summed E-state index contributed by atoms with van der Waals surface area (Å²) in [6.45, 7) is 6.13. The van der Waals surface area contributed by atoms with Crippen molar-refractivity contribution in [2.45, 2.75) is 19.8 Å². The van der Waals surface area contributed by atoms with Gasteiger partial charge in [-0.25, -0.2) is 4.68 Å². The summed E-state index contributed by atoms with van der Waals surface area (Å²) in [4.78, 5) is 19.5. The molecule has 1 unspecified atom stereocenters. The third kappa shape index (κ3) is 2.96. The van der Waals surface area contributed by atoms with E-state index in [2.05, 4.69) is 25.5 Å². The zero-order chi connectivity index (χ0) is 19.1. The Bertz CT molecular complexity index is 1020. The number of carbonyl (C=O) groups is 1. The second-order valence-electron chi connectivity index (χ2n) is 7.92. The minimum absolute atomic E-state index is 0.137. The maximum absolute atomic E-state index is 12.8. The van der Waals surface area contributed by atoms with Crippen LogP contribution in [0.25, 0.3) is 16.5 Å². The summed E-state index contributed by atoms with van der Waals surface area (Å²) in [6, 6.07) is 7.92. The van der Waals surface area contributed by atoms with Crippen molar-refractivity contribution in [3.8, 4) is 5.69 Å². The Morgan fingerprint density at radius 1 is 1.25 bits per heavy atom. The van der Waals surface area contributed by atoms with E-state index in [-0.39, 0.29) is 5.91 Å². The molecule has 28 heavy (non-hydrogen) atoms. The third-order valence-electron chi connectivity index (χ3n) is 6.31. The van der Waals surface area contributed by atoms with Crippen molar-refractivity contribution in [2.75, 3.05) is 26.2 Å². The molecular weight excluding hydrogens is 352 g/mol. The average molecular weight is 376 g/mol. The van der Waals surface area contributed by atoms with Gasteiger partial charge in [-0.3, -0.25) is 9.78 Å². The van der Waals surface area contributed by atoms with E-state index in [0.29, 0.717) is 18.2 Å². The van der Waals surface area contributed by atoms with Gasteiger partial charge in [-0.1, -0.05) is 17.3 Å². The smallest absolute Gasteiger partial charge is 0.273 e. The van der Waals surface area contributed by atoms with Gasteiger partial charge in [-0.05, 0) is 56.8 Å². The second kappa shape index (κ2) is 6.98. The fourth-order valence-electron chi connectivity index (χ4n) is 4.68. The second-order valence-corrected chi connectivity index (χ2v) is 7.92. The van der Waals surface area contributed by atoms with E-state index in [4.69, 9.17) is 0 Å². The molecule has 7 heteroatoms. The van der Waals surface area contributed by atoms with Crippen LogP contribution < -0.4 is 5.32 Å². The molecule has 0 radical (unpaired) electrons. The summed E-state index contributed by atoms with van der Waals surface area (Å²) >= 11 is 0. The molecule has 2 aromatic heterocycles. The first-order valence-corrected chi connectivity index (χ1v) is 9.96. The lowest BCUT2D eigenvalue weighted by Crippen LogP contribution is -2.50. The quantitative estimate of drug-likeness (QED) is 0.755. The molecule has 1 N–H and O–H groups in total. The van der Waals surface area contributed by atoms with E-state index in [0.717, 1.165) is 34.6 Å². The summed E-state index contributed by atoms with van der Waals surface area (Å²) in [5, 5.41) is 13.6. The predicted molar refractivity (Wildman–Crippen MR) is 106 cm³/mol. The lowest BCUT2D eigenvalue weighted by molar-refractivity contribution is 0.0495. The molecule has 3 fully saturated rings. The van der Waals surface area contributed by atoms with Crippen LogP contribution in [0.5, 0.6) is 0 Å². The first kappa shape index (κ1) is 17.3. The topological polar surface area (TPSA) is 75.9 Å². The van der Waals surface area contributed by atoms with Crippen molar-refractivity contribution in [2.24, 2.45) is 11.8 Å². The maximum atomic E-state index is 12.8. The number of nitrogens with one attached hydrogen (secondary N) is 1. The molecule has 6 rings (SSSR count). The predicted octanol–water partition coefficient (Wildman–Crippen LogP) is 2.20. The molecule has 5 heterocycles. The van der Waals surface area contributed by atoms with E-state index in [1.807, 2.05) is 37.4 Å². The van der Waals surface area contributed by atoms with Gasteiger partial charge < -0.3 is 10.2 Å². The number of hydrogen-bond acceptors (Lipinski definition) is 5. The molecule has 144 valence electrons. The number of fused-ring (bicyclic) bond motifs is 4. The maximum Gasteiger partial charge on any atom is 0.273 e. The number of carbonyl (C=O) groups excluding carboxylic acids is 1. The van der Waals surface area contributed by atoms with Gasteiger partial charge in [0.15, 0.2) is 5.69 Å². The Morgan fingerprint density at radius 3 is 2.89 bits per heavy atom. The van der Waals surface area contributed by atoms with E-state index in [1.165, 1.54) is 25.9 Å². The lowest BCUT2D eigenvalue weighted by Gasteiger charge is -2.44. The fourth-order valence-corrected chi connectivity index (χ4v) is 4.68. The Labute approximate surface area is 163 Å². The summed E-state index contributed by atoms with van der Waals surface area (Å²) in [6.07, 6.45) is 6.10. The first-order chi connectivity index (χ1) is 13.7. The number of piperidine rings is 3. The standard InChI is InChI=1S/C21H24N6O/c1-14-20(21(28)23-12-17-13-26-9-6-15(17)7-10-26)24-25-27(14)19-4-2-3-16-11-22-8-5-18(16)19/h2-5,8,11,15,17H,6-7,9-10,12-13H2,1H3,(H,23,28). The molecule has 3 aliphatic heterocycles. The number of hydrogen-bond donors (Lipinski definition) is 1. The molecule has 2 bridgehead atoms. The molecule has 7 nitrogen and oxygen atoms in total.